The summed E-state index contributed by atoms with van der Waals surface area (Å²) in [5, 5.41) is 2.44. The van der Waals surface area contributed by atoms with Crippen molar-refractivity contribution >= 4 is 21.7 Å². The van der Waals surface area contributed by atoms with E-state index in [1.54, 1.807) is 6.07 Å². The predicted octanol–water partition coefficient (Wildman–Crippen LogP) is 3.37. The van der Waals surface area contributed by atoms with Crippen LogP contribution in [0.5, 0.6) is 5.75 Å². The first-order valence-electron chi connectivity index (χ1n) is 9.79. The Labute approximate surface area is 167 Å². The molecule has 1 aliphatic heterocycles. The second kappa shape index (κ2) is 7.01. The lowest BCUT2D eigenvalue weighted by atomic mass is 10.00. The average Bonchev–Trinajstić information content (AvgIpc) is 2.74. The molecule has 0 fully saturated rings. The van der Waals surface area contributed by atoms with Crippen LogP contribution in [0, 0.1) is 12.7 Å². The second-order valence-corrected chi connectivity index (χ2v) is 7.64. The zero-order valence-electron chi connectivity index (χ0n) is 16.1. The van der Waals surface area contributed by atoms with Gasteiger partial charge in [-0.15, -0.1) is 0 Å². The van der Waals surface area contributed by atoms with Gasteiger partial charge in [0.2, 0.25) is 6.73 Å². The van der Waals surface area contributed by atoms with E-state index in [0.29, 0.717) is 17.7 Å². The number of halogens is 1. The molecule has 1 atom stereocenters. The summed E-state index contributed by atoms with van der Waals surface area (Å²) in [7, 11) is 0. The first kappa shape index (κ1) is 17.9. The predicted molar refractivity (Wildman–Crippen MR) is 110 cm³/mol. The number of quaternary nitrogens is 1. The number of hydrogen-bond acceptors (Lipinski definition) is 3. The third-order valence-corrected chi connectivity index (χ3v) is 5.71. The van der Waals surface area contributed by atoms with Crippen LogP contribution in [-0.4, -0.2) is 13.3 Å². The quantitative estimate of drug-likeness (QED) is 0.431. The highest BCUT2D eigenvalue weighted by atomic mass is 19.1. The number of nitrogens with one attached hydrogen (secondary N) is 1. The van der Waals surface area contributed by atoms with Gasteiger partial charge >= 0.3 is 5.63 Å². The summed E-state index contributed by atoms with van der Waals surface area (Å²) in [6.45, 7) is 4.23. The number of hydrogen-bond donors (Lipinski definition) is 1. The largest absolute Gasteiger partial charge is 0.444 e. The van der Waals surface area contributed by atoms with Crippen molar-refractivity contribution in [2.24, 2.45) is 0 Å². The summed E-state index contributed by atoms with van der Waals surface area (Å²) in [5.41, 5.74) is 3.39. The van der Waals surface area contributed by atoms with Crippen LogP contribution >= 0.6 is 0 Å². The van der Waals surface area contributed by atoms with Crippen LogP contribution in [0.15, 0.2) is 63.8 Å². The van der Waals surface area contributed by atoms with Crippen molar-refractivity contribution in [2.75, 3.05) is 13.3 Å². The zero-order chi connectivity index (χ0) is 20.0. The fourth-order valence-corrected chi connectivity index (χ4v) is 4.19. The van der Waals surface area contributed by atoms with Gasteiger partial charge in [-0.1, -0.05) is 30.3 Å². The Morgan fingerprint density at radius 1 is 1.03 bits per heavy atom. The van der Waals surface area contributed by atoms with E-state index >= 15 is 0 Å². The molecule has 2 heterocycles. The van der Waals surface area contributed by atoms with Gasteiger partial charge in [-0.2, -0.15) is 0 Å². The van der Waals surface area contributed by atoms with Crippen molar-refractivity contribution in [3.63, 3.8) is 0 Å². The topological polar surface area (TPSA) is 43.9 Å². The van der Waals surface area contributed by atoms with Crippen LogP contribution in [-0.2, 0) is 13.0 Å². The van der Waals surface area contributed by atoms with Gasteiger partial charge in [0.15, 0.2) is 0 Å². The Kier molecular flexibility index (Phi) is 4.32. The highest BCUT2D eigenvalue weighted by Gasteiger charge is 2.25. The second-order valence-electron chi connectivity index (χ2n) is 7.64. The van der Waals surface area contributed by atoms with Crippen LogP contribution in [0.3, 0.4) is 0 Å². The first-order chi connectivity index (χ1) is 14.1. The number of ether oxygens (including phenoxy) is 1. The molecule has 0 aliphatic carbocycles. The number of rotatable bonds is 3. The van der Waals surface area contributed by atoms with Crippen LogP contribution in [0.25, 0.3) is 21.7 Å². The molecule has 5 heteroatoms. The molecule has 0 spiro atoms. The smallest absolute Gasteiger partial charge is 0.344 e. The molecule has 0 bridgehead atoms. The molecule has 29 heavy (non-hydrogen) atoms. The third-order valence-electron chi connectivity index (χ3n) is 5.71. The van der Waals surface area contributed by atoms with E-state index < -0.39 is 0 Å². The first-order valence-corrected chi connectivity index (χ1v) is 9.79. The molecule has 4 nitrogen and oxygen atoms in total. The van der Waals surface area contributed by atoms with Crippen molar-refractivity contribution in [3.05, 3.63) is 87.5 Å². The maximum Gasteiger partial charge on any atom is 0.344 e. The van der Waals surface area contributed by atoms with Crippen LogP contribution in [0.2, 0.25) is 0 Å². The molecule has 5 rings (SSSR count). The number of benzene rings is 3. The Bertz CT molecular complexity index is 1280. The summed E-state index contributed by atoms with van der Waals surface area (Å²) in [5.74, 6) is 0.610. The SMILES string of the molecule is Cc1c2c(cc3c1oc(=O)c1ccccc13)C[NH+](CCc1ccc(F)cc1)CO2. The van der Waals surface area contributed by atoms with Gasteiger partial charge in [0, 0.05) is 22.9 Å². The minimum absolute atomic E-state index is 0.211. The molecule has 146 valence electrons. The Balaban J connectivity index is 1.49. The Morgan fingerprint density at radius 2 is 1.79 bits per heavy atom. The van der Waals surface area contributed by atoms with Crippen molar-refractivity contribution in [3.8, 4) is 5.75 Å². The maximum absolute atomic E-state index is 13.1. The average molecular weight is 390 g/mol. The van der Waals surface area contributed by atoms with Crippen LogP contribution < -0.4 is 15.3 Å². The molecule has 3 aromatic carbocycles. The lowest BCUT2D eigenvalue weighted by Crippen LogP contribution is -3.12. The molecule has 1 aliphatic rings. The minimum Gasteiger partial charge on any atom is -0.444 e. The molecule has 0 radical (unpaired) electrons. The van der Waals surface area contributed by atoms with Gasteiger partial charge in [0.1, 0.15) is 23.7 Å². The van der Waals surface area contributed by atoms with E-state index in [-0.39, 0.29) is 11.4 Å². The molecular weight excluding hydrogens is 369 g/mol. The summed E-state index contributed by atoms with van der Waals surface area (Å²) in [6, 6.07) is 16.3. The lowest BCUT2D eigenvalue weighted by Gasteiger charge is -2.27. The molecule has 0 saturated carbocycles. The molecule has 1 aromatic heterocycles. The van der Waals surface area contributed by atoms with E-state index in [0.717, 1.165) is 52.7 Å². The Morgan fingerprint density at radius 3 is 2.59 bits per heavy atom. The maximum atomic E-state index is 13.1. The van der Waals surface area contributed by atoms with E-state index in [4.69, 9.17) is 9.15 Å². The van der Waals surface area contributed by atoms with Gasteiger partial charge < -0.3 is 9.15 Å². The molecule has 1 unspecified atom stereocenters. The summed E-state index contributed by atoms with van der Waals surface area (Å²) in [4.78, 5) is 13.7. The van der Waals surface area contributed by atoms with Crippen molar-refractivity contribution in [1.29, 1.82) is 0 Å². The van der Waals surface area contributed by atoms with E-state index in [1.165, 1.54) is 17.0 Å². The third kappa shape index (κ3) is 3.17. The van der Waals surface area contributed by atoms with E-state index in [9.17, 15) is 9.18 Å². The van der Waals surface area contributed by atoms with Crippen LogP contribution in [0.1, 0.15) is 16.7 Å². The Hall–Kier alpha value is -3.18. The summed E-state index contributed by atoms with van der Waals surface area (Å²) in [6.07, 6.45) is 0.860. The van der Waals surface area contributed by atoms with Crippen molar-refractivity contribution in [1.82, 2.24) is 0 Å². The lowest BCUT2D eigenvalue weighted by molar-refractivity contribution is -0.932. The summed E-state index contributed by atoms with van der Waals surface area (Å²) < 4.78 is 24.8. The van der Waals surface area contributed by atoms with E-state index in [2.05, 4.69) is 6.07 Å². The standard InChI is InChI=1S/C24H20FNO3/c1-15-22-17(12-21-19-4-2-3-5-20(19)24(27)29-23(15)21)13-26(14-28-22)11-10-16-6-8-18(25)9-7-16/h2-9,12H,10-11,13-14H2,1H3/p+1. The van der Waals surface area contributed by atoms with Crippen molar-refractivity contribution in [2.45, 2.75) is 19.9 Å². The molecular formula is C24H21FNO3+. The van der Waals surface area contributed by atoms with Gasteiger partial charge in [-0.3, -0.25) is 4.90 Å². The molecule has 0 saturated heterocycles. The van der Waals surface area contributed by atoms with Gasteiger partial charge in [-0.25, -0.2) is 9.18 Å². The molecule has 1 N–H and O–H groups in total. The zero-order valence-corrected chi connectivity index (χ0v) is 16.1. The highest BCUT2D eigenvalue weighted by Crippen LogP contribution is 2.34. The summed E-state index contributed by atoms with van der Waals surface area (Å²) >= 11 is 0. The fourth-order valence-electron chi connectivity index (χ4n) is 4.19. The minimum atomic E-state index is -0.321. The highest BCUT2D eigenvalue weighted by molar-refractivity contribution is 6.06. The van der Waals surface area contributed by atoms with E-state index in [1.807, 2.05) is 37.3 Å². The van der Waals surface area contributed by atoms with Crippen molar-refractivity contribution < 1.29 is 18.4 Å². The number of fused-ring (bicyclic) bond motifs is 4. The monoisotopic (exact) mass is 390 g/mol. The fraction of sp³-hybridized carbons (Fsp3) is 0.208. The normalized spacial score (nSPS) is 16.0. The molecule has 4 aromatic rings. The van der Waals surface area contributed by atoms with Gasteiger partial charge in [-0.05, 0) is 42.1 Å². The number of aryl methyl sites for hydroxylation is 1. The van der Waals surface area contributed by atoms with Gasteiger partial charge in [0.25, 0.3) is 0 Å². The van der Waals surface area contributed by atoms with Gasteiger partial charge in [0.05, 0.1) is 11.9 Å². The van der Waals surface area contributed by atoms with Crippen LogP contribution in [0.4, 0.5) is 4.39 Å². The molecule has 0 amide bonds.